The SMILES string of the molecule is CS(C)(=O)=C(C#N)c1ccccn1. The van der Waals surface area contributed by atoms with Crippen molar-refractivity contribution in [1.29, 1.82) is 5.26 Å². The molecule has 0 aliphatic heterocycles. The maximum Gasteiger partial charge on any atom is 0.129 e. The molecule has 1 heterocycles. The van der Waals surface area contributed by atoms with Crippen LogP contribution in [0.4, 0.5) is 0 Å². The van der Waals surface area contributed by atoms with E-state index in [9.17, 15) is 4.21 Å². The molecule has 13 heavy (non-hydrogen) atoms. The van der Waals surface area contributed by atoms with Crippen molar-refractivity contribution in [2.24, 2.45) is 0 Å². The van der Waals surface area contributed by atoms with E-state index in [0.717, 1.165) is 0 Å². The number of rotatable bonds is 1. The van der Waals surface area contributed by atoms with E-state index in [2.05, 4.69) is 4.98 Å². The molecular formula is C9H10N2OS. The lowest BCUT2D eigenvalue weighted by molar-refractivity contribution is 0.688. The van der Waals surface area contributed by atoms with E-state index in [-0.39, 0.29) is 4.86 Å². The zero-order valence-corrected chi connectivity index (χ0v) is 8.34. The summed E-state index contributed by atoms with van der Waals surface area (Å²) in [5, 5.41) is 8.81. The number of nitriles is 1. The van der Waals surface area contributed by atoms with Gasteiger partial charge in [-0.15, -0.1) is 0 Å². The maximum atomic E-state index is 11.6. The molecule has 0 unspecified atom stereocenters. The van der Waals surface area contributed by atoms with E-state index in [1.807, 2.05) is 6.07 Å². The van der Waals surface area contributed by atoms with Crippen LogP contribution in [0, 0.1) is 11.3 Å². The molecule has 68 valence electrons. The smallest absolute Gasteiger partial charge is 0.129 e. The quantitative estimate of drug-likeness (QED) is 0.487. The average molecular weight is 194 g/mol. The van der Waals surface area contributed by atoms with Crippen molar-refractivity contribution >= 4 is 14.4 Å². The van der Waals surface area contributed by atoms with Crippen molar-refractivity contribution < 1.29 is 4.21 Å². The summed E-state index contributed by atoms with van der Waals surface area (Å²) in [6, 6.07) is 7.15. The van der Waals surface area contributed by atoms with Gasteiger partial charge in [0.1, 0.15) is 10.9 Å². The Kier molecular flexibility index (Phi) is 2.69. The summed E-state index contributed by atoms with van der Waals surface area (Å²) < 4.78 is 11.6. The molecule has 0 atom stereocenters. The lowest BCUT2D eigenvalue weighted by Crippen LogP contribution is -2.12. The normalized spacial score (nSPS) is 10.5. The van der Waals surface area contributed by atoms with E-state index in [0.29, 0.717) is 5.69 Å². The molecule has 1 rings (SSSR count). The lowest BCUT2D eigenvalue weighted by atomic mass is 10.3. The Morgan fingerprint density at radius 3 is 2.62 bits per heavy atom. The van der Waals surface area contributed by atoms with Gasteiger partial charge in [-0.2, -0.15) is 5.26 Å². The van der Waals surface area contributed by atoms with Gasteiger partial charge >= 0.3 is 0 Å². The topological polar surface area (TPSA) is 53.8 Å². The van der Waals surface area contributed by atoms with Crippen LogP contribution in [0.2, 0.25) is 0 Å². The van der Waals surface area contributed by atoms with Crippen molar-refractivity contribution in [1.82, 2.24) is 4.98 Å². The molecular weight excluding hydrogens is 184 g/mol. The second-order valence-corrected chi connectivity index (χ2v) is 5.76. The molecule has 4 heteroatoms. The van der Waals surface area contributed by atoms with E-state index in [1.54, 1.807) is 36.9 Å². The number of pyridine rings is 1. The third-order valence-electron chi connectivity index (χ3n) is 1.49. The van der Waals surface area contributed by atoms with Crippen LogP contribution in [0.3, 0.4) is 0 Å². The van der Waals surface area contributed by atoms with Gasteiger partial charge in [-0.1, -0.05) is 6.07 Å². The Balaban J connectivity index is 3.42. The van der Waals surface area contributed by atoms with Gasteiger partial charge in [-0.05, 0) is 21.7 Å². The number of hydrogen-bond acceptors (Lipinski definition) is 3. The maximum absolute atomic E-state index is 11.6. The van der Waals surface area contributed by atoms with Gasteiger partial charge in [0.25, 0.3) is 0 Å². The van der Waals surface area contributed by atoms with Gasteiger partial charge in [0.05, 0.1) is 5.69 Å². The van der Waals surface area contributed by atoms with Crippen molar-refractivity contribution in [3.05, 3.63) is 30.1 Å². The van der Waals surface area contributed by atoms with Crippen LogP contribution < -0.4 is 0 Å². The second kappa shape index (κ2) is 3.58. The highest BCUT2D eigenvalue weighted by Crippen LogP contribution is 1.99. The van der Waals surface area contributed by atoms with Gasteiger partial charge in [-0.25, -0.2) is 0 Å². The molecule has 0 aromatic carbocycles. The molecule has 0 amide bonds. The van der Waals surface area contributed by atoms with E-state index >= 15 is 0 Å². The minimum Gasteiger partial charge on any atom is -0.267 e. The third-order valence-corrected chi connectivity index (χ3v) is 2.77. The fraction of sp³-hybridized carbons (Fsp3) is 0.222. The van der Waals surface area contributed by atoms with Crippen molar-refractivity contribution in [3.8, 4) is 6.07 Å². The molecule has 1 aromatic heterocycles. The van der Waals surface area contributed by atoms with Gasteiger partial charge in [0.2, 0.25) is 0 Å². The minimum absolute atomic E-state index is 0.258. The van der Waals surface area contributed by atoms with Gasteiger partial charge in [-0.3, -0.25) is 9.19 Å². The monoisotopic (exact) mass is 194 g/mol. The molecule has 0 spiro atoms. The Hall–Kier alpha value is -1.34. The fourth-order valence-corrected chi connectivity index (χ4v) is 1.76. The van der Waals surface area contributed by atoms with E-state index in [4.69, 9.17) is 5.26 Å². The first kappa shape index (κ1) is 9.75. The summed E-state index contributed by atoms with van der Waals surface area (Å²) in [4.78, 5) is 4.24. The van der Waals surface area contributed by atoms with Gasteiger partial charge < -0.3 is 0 Å². The summed E-state index contributed by atoms with van der Waals surface area (Å²) >= 11 is 0. The molecule has 0 fully saturated rings. The van der Waals surface area contributed by atoms with Crippen LogP contribution in [-0.2, 0) is 9.52 Å². The standard InChI is InChI=1S/C9H10N2OS/c1-13(2,12)9(7-10)8-5-3-4-6-11-8/h3-6H,1-2H3. The first-order chi connectivity index (χ1) is 6.05. The second-order valence-electron chi connectivity index (χ2n) is 2.89. The van der Waals surface area contributed by atoms with Crippen LogP contribution in [0.5, 0.6) is 0 Å². The Bertz CT molecular complexity index is 442. The predicted molar refractivity (Wildman–Crippen MR) is 53.9 cm³/mol. The van der Waals surface area contributed by atoms with Crippen molar-refractivity contribution in [2.75, 3.05) is 12.5 Å². The van der Waals surface area contributed by atoms with Crippen LogP contribution in [0.15, 0.2) is 24.4 Å². The summed E-state index contributed by atoms with van der Waals surface area (Å²) in [6.07, 6.45) is 4.66. The molecule has 0 N–H and O–H groups in total. The fourth-order valence-electron chi connectivity index (χ4n) is 0.916. The summed E-state index contributed by atoms with van der Waals surface area (Å²) in [5.41, 5.74) is 0.500. The van der Waals surface area contributed by atoms with E-state index < -0.39 is 9.52 Å². The van der Waals surface area contributed by atoms with E-state index in [1.165, 1.54) is 0 Å². The molecule has 1 aromatic rings. The van der Waals surface area contributed by atoms with Crippen molar-refractivity contribution in [2.45, 2.75) is 0 Å². The van der Waals surface area contributed by atoms with Crippen LogP contribution in [0.1, 0.15) is 5.69 Å². The molecule has 0 aliphatic rings. The largest absolute Gasteiger partial charge is 0.267 e. The van der Waals surface area contributed by atoms with Crippen LogP contribution >= 0.6 is 0 Å². The van der Waals surface area contributed by atoms with Crippen LogP contribution in [-0.4, -0.2) is 26.6 Å². The van der Waals surface area contributed by atoms with Crippen LogP contribution in [0.25, 0.3) is 0 Å². The first-order valence-electron chi connectivity index (χ1n) is 3.68. The Labute approximate surface area is 78.0 Å². The Morgan fingerprint density at radius 2 is 2.23 bits per heavy atom. The molecule has 0 aliphatic carbocycles. The molecule has 0 saturated heterocycles. The Morgan fingerprint density at radius 1 is 1.54 bits per heavy atom. The van der Waals surface area contributed by atoms with Gasteiger partial charge in [0, 0.05) is 18.7 Å². The highest BCUT2D eigenvalue weighted by atomic mass is 32.2. The minimum atomic E-state index is -2.22. The summed E-state index contributed by atoms with van der Waals surface area (Å²) in [5.74, 6) is 0. The lowest BCUT2D eigenvalue weighted by Gasteiger charge is -2.00. The summed E-state index contributed by atoms with van der Waals surface area (Å²) in [6.45, 7) is 0. The van der Waals surface area contributed by atoms with Gasteiger partial charge in [0.15, 0.2) is 0 Å². The number of aromatic nitrogens is 1. The highest BCUT2D eigenvalue weighted by Gasteiger charge is 2.07. The van der Waals surface area contributed by atoms with Crippen molar-refractivity contribution in [3.63, 3.8) is 0 Å². The molecule has 0 saturated carbocycles. The molecule has 0 bridgehead atoms. The predicted octanol–water partition coefficient (Wildman–Crippen LogP) is 0.670. The first-order valence-corrected chi connectivity index (χ1v) is 6.06. The summed E-state index contributed by atoms with van der Waals surface area (Å²) in [7, 11) is -2.22. The third kappa shape index (κ3) is 2.30. The number of nitrogens with zero attached hydrogens (tertiary/aromatic N) is 2. The number of hydrogen-bond donors (Lipinski definition) is 0. The molecule has 3 nitrogen and oxygen atoms in total. The molecule has 0 radical (unpaired) electrons. The highest BCUT2D eigenvalue weighted by molar-refractivity contribution is 8.01. The zero-order chi connectivity index (χ0) is 9.90. The zero-order valence-electron chi connectivity index (χ0n) is 7.52. The average Bonchev–Trinajstić information content (AvgIpc) is 2.05.